The number of ether oxygens (including phenoxy) is 1. The quantitative estimate of drug-likeness (QED) is 0.500. The third-order valence-corrected chi connectivity index (χ3v) is 2.14. The molecule has 0 N–H and O–H groups in total. The minimum Gasteiger partial charge on any atom is -0.407 e. The van der Waals surface area contributed by atoms with Crippen LogP contribution in [0.5, 0.6) is 0 Å². The standard InChI is InChI=1S/C11H16N2O4/c1-4-5-12-10(14)9(2)8-13(11(12)15)17-7-6-16-3/h4,8H,1,5-7H2,2-3H3. The van der Waals surface area contributed by atoms with Gasteiger partial charge in [-0.25, -0.2) is 4.79 Å². The van der Waals surface area contributed by atoms with Crippen LogP contribution in [-0.2, 0) is 11.3 Å². The zero-order chi connectivity index (χ0) is 12.8. The number of methoxy groups -OCH3 is 1. The fraction of sp³-hybridized carbons (Fsp3) is 0.455. The third-order valence-electron chi connectivity index (χ3n) is 2.14. The average molecular weight is 240 g/mol. The number of aromatic nitrogens is 2. The first-order chi connectivity index (χ1) is 8.11. The van der Waals surface area contributed by atoms with Crippen molar-refractivity contribution in [3.63, 3.8) is 0 Å². The molecule has 0 saturated heterocycles. The molecule has 1 heterocycles. The topological polar surface area (TPSA) is 62.5 Å². The lowest BCUT2D eigenvalue weighted by Crippen LogP contribution is -2.43. The van der Waals surface area contributed by atoms with E-state index in [1.54, 1.807) is 6.92 Å². The van der Waals surface area contributed by atoms with Gasteiger partial charge in [0.25, 0.3) is 5.56 Å². The Labute approximate surface area is 98.7 Å². The smallest absolute Gasteiger partial charge is 0.364 e. The lowest BCUT2D eigenvalue weighted by molar-refractivity contribution is 0.0480. The molecule has 0 aromatic carbocycles. The van der Waals surface area contributed by atoms with Gasteiger partial charge in [0.05, 0.1) is 12.8 Å². The Morgan fingerprint density at radius 3 is 2.71 bits per heavy atom. The zero-order valence-corrected chi connectivity index (χ0v) is 10.0. The minimum absolute atomic E-state index is 0.160. The van der Waals surface area contributed by atoms with E-state index in [4.69, 9.17) is 9.57 Å². The molecule has 6 nitrogen and oxygen atoms in total. The molecule has 1 rings (SSSR count). The summed E-state index contributed by atoms with van der Waals surface area (Å²) in [5, 5.41) is 0. The first-order valence-corrected chi connectivity index (χ1v) is 5.18. The molecule has 1 aromatic rings. The van der Waals surface area contributed by atoms with Crippen LogP contribution in [0.2, 0.25) is 0 Å². The van der Waals surface area contributed by atoms with Crippen LogP contribution in [0.3, 0.4) is 0 Å². The highest BCUT2D eigenvalue weighted by Crippen LogP contribution is 1.85. The maximum atomic E-state index is 11.8. The summed E-state index contributed by atoms with van der Waals surface area (Å²) >= 11 is 0. The van der Waals surface area contributed by atoms with Crippen LogP contribution in [0.15, 0.2) is 28.4 Å². The molecular weight excluding hydrogens is 224 g/mol. The van der Waals surface area contributed by atoms with Crippen LogP contribution in [0.25, 0.3) is 0 Å². The van der Waals surface area contributed by atoms with Crippen LogP contribution >= 0.6 is 0 Å². The summed E-state index contributed by atoms with van der Waals surface area (Å²) in [5.74, 6) is 0. The molecule has 94 valence electrons. The van der Waals surface area contributed by atoms with Crippen molar-refractivity contribution < 1.29 is 9.57 Å². The number of aryl methyl sites for hydroxylation is 1. The van der Waals surface area contributed by atoms with Gasteiger partial charge >= 0.3 is 5.69 Å². The van der Waals surface area contributed by atoms with E-state index >= 15 is 0 Å². The Bertz CT molecular complexity index is 501. The summed E-state index contributed by atoms with van der Waals surface area (Å²) < 4.78 is 6.92. The van der Waals surface area contributed by atoms with Gasteiger partial charge in [0, 0.05) is 19.2 Å². The molecule has 0 aliphatic heterocycles. The third kappa shape index (κ3) is 3.07. The maximum Gasteiger partial charge on any atom is 0.364 e. The molecule has 17 heavy (non-hydrogen) atoms. The second-order valence-electron chi connectivity index (χ2n) is 3.45. The average Bonchev–Trinajstić information content (AvgIpc) is 2.31. The SMILES string of the molecule is C=CCn1c(=O)c(C)cn(OCCOC)c1=O. The lowest BCUT2D eigenvalue weighted by atomic mass is 10.4. The van der Waals surface area contributed by atoms with Crippen molar-refractivity contribution >= 4 is 0 Å². The summed E-state index contributed by atoms with van der Waals surface area (Å²) in [6.07, 6.45) is 2.86. The molecule has 1 aromatic heterocycles. The highest BCUT2D eigenvalue weighted by atomic mass is 16.7. The Hall–Kier alpha value is -1.82. The van der Waals surface area contributed by atoms with Crippen LogP contribution in [0.1, 0.15) is 5.56 Å². The van der Waals surface area contributed by atoms with Gasteiger partial charge in [0.15, 0.2) is 0 Å². The molecule has 0 aliphatic rings. The van der Waals surface area contributed by atoms with E-state index in [2.05, 4.69) is 6.58 Å². The predicted octanol–water partition coefficient (Wildman–Crippen LogP) is -0.421. The van der Waals surface area contributed by atoms with Crippen LogP contribution in [0.4, 0.5) is 0 Å². The Morgan fingerprint density at radius 2 is 2.12 bits per heavy atom. The molecule has 0 amide bonds. The maximum absolute atomic E-state index is 11.8. The number of allylic oxidation sites excluding steroid dienone is 1. The van der Waals surface area contributed by atoms with E-state index in [0.29, 0.717) is 12.2 Å². The fourth-order valence-electron chi connectivity index (χ4n) is 1.31. The molecule has 0 fully saturated rings. The van der Waals surface area contributed by atoms with Crippen LogP contribution < -0.4 is 16.1 Å². The normalized spacial score (nSPS) is 10.2. The van der Waals surface area contributed by atoms with Gasteiger partial charge in [0.1, 0.15) is 6.61 Å². The van der Waals surface area contributed by atoms with Gasteiger partial charge < -0.3 is 9.57 Å². The minimum atomic E-state index is -0.517. The summed E-state index contributed by atoms with van der Waals surface area (Å²) in [4.78, 5) is 28.7. The summed E-state index contributed by atoms with van der Waals surface area (Å²) in [7, 11) is 1.54. The van der Waals surface area contributed by atoms with Crippen molar-refractivity contribution in [2.24, 2.45) is 0 Å². The van der Waals surface area contributed by atoms with E-state index in [0.717, 1.165) is 9.30 Å². The van der Waals surface area contributed by atoms with E-state index in [1.807, 2.05) is 0 Å². The van der Waals surface area contributed by atoms with Gasteiger partial charge in [-0.05, 0) is 6.92 Å². The van der Waals surface area contributed by atoms with Crippen molar-refractivity contribution in [1.29, 1.82) is 0 Å². The van der Waals surface area contributed by atoms with Crippen LogP contribution in [0, 0.1) is 6.92 Å². The molecule has 0 aliphatic carbocycles. The van der Waals surface area contributed by atoms with E-state index in [9.17, 15) is 9.59 Å². The highest BCUT2D eigenvalue weighted by molar-refractivity contribution is 5.02. The molecular formula is C11H16N2O4. The van der Waals surface area contributed by atoms with Gasteiger partial charge in [-0.3, -0.25) is 9.36 Å². The fourth-order valence-corrected chi connectivity index (χ4v) is 1.31. The molecule has 0 radical (unpaired) electrons. The lowest BCUT2D eigenvalue weighted by Gasteiger charge is -2.11. The Morgan fingerprint density at radius 1 is 1.41 bits per heavy atom. The molecule has 6 heteroatoms. The molecule has 0 unspecified atom stereocenters. The number of hydrogen-bond donors (Lipinski definition) is 0. The van der Waals surface area contributed by atoms with E-state index in [-0.39, 0.29) is 18.7 Å². The van der Waals surface area contributed by atoms with E-state index in [1.165, 1.54) is 19.4 Å². The van der Waals surface area contributed by atoms with Gasteiger partial charge in [-0.2, -0.15) is 0 Å². The number of hydrogen-bond acceptors (Lipinski definition) is 4. The van der Waals surface area contributed by atoms with Crippen molar-refractivity contribution in [2.75, 3.05) is 20.3 Å². The first kappa shape index (κ1) is 13.2. The van der Waals surface area contributed by atoms with E-state index < -0.39 is 5.69 Å². The molecule has 0 bridgehead atoms. The summed E-state index contributed by atoms with van der Waals surface area (Å²) in [6.45, 7) is 5.89. The van der Waals surface area contributed by atoms with Crippen molar-refractivity contribution in [3.8, 4) is 0 Å². The summed E-state index contributed by atoms with van der Waals surface area (Å²) in [6, 6.07) is 0. The number of rotatable bonds is 6. The Balaban J connectivity index is 3.11. The van der Waals surface area contributed by atoms with Gasteiger partial charge in [-0.1, -0.05) is 6.08 Å². The predicted molar refractivity (Wildman–Crippen MR) is 63.2 cm³/mol. The van der Waals surface area contributed by atoms with Crippen molar-refractivity contribution in [3.05, 3.63) is 45.3 Å². The molecule has 0 spiro atoms. The van der Waals surface area contributed by atoms with Gasteiger partial charge in [-0.15, -0.1) is 11.3 Å². The largest absolute Gasteiger partial charge is 0.407 e. The Kier molecular flexibility index (Phi) is 4.71. The second-order valence-corrected chi connectivity index (χ2v) is 3.45. The van der Waals surface area contributed by atoms with Crippen molar-refractivity contribution in [1.82, 2.24) is 9.30 Å². The molecule has 0 atom stereocenters. The second kappa shape index (κ2) is 6.05. The van der Waals surface area contributed by atoms with Gasteiger partial charge in [0.2, 0.25) is 0 Å². The van der Waals surface area contributed by atoms with Crippen LogP contribution in [-0.4, -0.2) is 29.6 Å². The summed E-state index contributed by atoms with van der Waals surface area (Å²) in [5.41, 5.74) is -0.415. The monoisotopic (exact) mass is 240 g/mol. The number of nitrogens with zero attached hydrogens (tertiary/aromatic N) is 2. The molecule has 0 saturated carbocycles. The highest BCUT2D eigenvalue weighted by Gasteiger charge is 2.07. The first-order valence-electron chi connectivity index (χ1n) is 5.18. The zero-order valence-electron chi connectivity index (χ0n) is 10.0. The van der Waals surface area contributed by atoms with Crippen molar-refractivity contribution in [2.45, 2.75) is 13.5 Å².